The van der Waals surface area contributed by atoms with Crippen LogP contribution >= 0.6 is 0 Å². The van der Waals surface area contributed by atoms with E-state index in [1.54, 1.807) is 23.1 Å². The van der Waals surface area contributed by atoms with Crippen LogP contribution in [0.1, 0.15) is 12.5 Å². The van der Waals surface area contributed by atoms with Crippen molar-refractivity contribution in [3.63, 3.8) is 0 Å². The molecule has 1 aliphatic rings. The zero-order valence-electron chi connectivity index (χ0n) is 14.4. The highest BCUT2D eigenvalue weighted by Crippen LogP contribution is 2.34. The first-order valence-corrected chi connectivity index (χ1v) is 8.51. The van der Waals surface area contributed by atoms with E-state index >= 15 is 0 Å². The van der Waals surface area contributed by atoms with Crippen LogP contribution in [0.3, 0.4) is 0 Å². The summed E-state index contributed by atoms with van der Waals surface area (Å²) in [5.74, 6) is 0.482. The quantitative estimate of drug-likeness (QED) is 0.763. The Balaban J connectivity index is 1.50. The summed E-state index contributed by atoms with van der Waals surface area (Å²) in [6.07, 6.45) is 2.15. The molecule has 0 bridgehead atoms. The Morgan fingerprint density at radius 3 is 2.92 bits per heavy atom. The Morgan fingerprint density at radius 1 is 1.23 bits per heavy atom. The fraction of sp³-hybridized carbons (Fsp3) is 0.200. The highest BCUT2D eigenvalue weighted by atomic mass is 16.5. The molecule has 6 heteroatoms. The summed E-state index contributed by atoms with van der Waals surface area (Å²) in [6.45, 7) is 2.51. The minimum atomic E-state index is -0.103. The van der Waals surface area contributed by atoms with E-state index in [1.807, 2.05) is 30.5 Å². The Kier molecular flexibility index (Phi) is 4.08. The Morgan fingerprint density at radius 2 is 2.08 bits per heavy atom. The number of anilines is 2. The van der Waals surface area contributed by atoms with Gasteiger partial charge in [0, 0.05) is 35.8 Å². The normalized spacial score (nSPS) is 13.2. The number of carbonyl (C=O) groups is 2. The molecule has 132 valence electrons. The number of hydrogen-bond acceptors (Lipinski definition) is 3. The summed E-state index contributed by atoms with van der Waals surface area (Å²) < 4.78 is 5.64. The van der Waals surface area contributed by atoms with Crippen molar-refractivity contribution in [2.45, 2.75) is 13.3 Å². The monoisotopic (exact) mass is 349 g/mol. The predicted octanol–water partition coefficient (Wildman–Crippen LogP) is 3.09. The largest absolute Gasteiger partial charge is 0.489 e. The van der Waals surface area contributed by atoms with Gasteiger partial charge in [-0.05, 0) is 23.8 Å². The van der Waals surface area contributed by atoms with Gasteiger partial charge in [0.2, 0.25) is 11.8 Å². The van der Waals surface area contributed by atoms with Crippen molar-refractivity contribution in [3.8, 4) is 5.75 Å². The zero-order chi connectivity index (χ0) is 18.1. The van der Waals surface area contributed by atoms with Gasteiger partial charge in [-0.15, -0.1) is 0 Å². The highest BCUT2D eigenvalue weighted by molar-refractivity contribution is 5.97. The van der Waals surface area contributed by atoms with Crippen LogP contribution in [-0.4, -0.2) is 29.9 Å². The van der Waals surface area contributed by atoms with Crippen molar-refractivity contribution >= 4 is 34.1 Å². The van der Waals surface area contributed by atoms with Crippen molar-refractivity contribution in [3.05, 3.63) is 54.2 Å². The van der Waals surface area contributed by atoms with Crippen molar-refractivity contribution in [1.29, 1.82) is 0 Å². The number of nitrogens with one attached hydrogen (secondary N) is 2. The number of H-pyrrole nitrogens is 1. The van der Waals surface area contributed by atoms with Crippen LogP contribution in [-0.2, 0) is 16.0 Å². The number of ether oxygens (including phenoxy) is 1. The average molecular weight is 349 g/mol. The van der Waals surface area contributed by atoms with E-state index in [-0.39, 0.29) is 18.2 Å². The van der Waals surface area contributed by atoms with Crippen molar-refractivity contribution in [2.24, 2.45) is 0 Å². The third-order valence-electron chi connectivity index (χ3n) is 4.51. The topological polar surface area (TPSA) is 74.4 Å². The summed E-state index contributed by atoms with van der Waals surface area (Å²) in [5, 5.41) is 3.95. The second-order valence-corrected chi connectivity index (χ2v) is 6.29. The number of carbonyl (C=O) groups excluding carboxylic acids is 2. The minimum absolute atomic E-state index is 0.0225. The number of fused-ring (bicyclic) bond motifs is 2. The third kappa shape index (κ3) is 3.01. The van der Waals surface area contributed by atoms with Crippen molar-refractivity contribution in [2.75, 3.05) is 23.4 Å². The number of hydrogen-bond donors (Lipinski definition) is 2. The standard InChI is InChI=1S/C20H19N3O3/c1-13(24)23-8-9-26-19-11-15(6-7-18(19)23)22-20(25)10-14-12-21-17-5-3-2-4-16(14)17/h2-7,11-12,21H,8-10H2,1H3,(H,22,25). The first-order valence-electron chi connectivity index (χ1n) is 8.51. The SMILES string of the molecule is CC(=O)N1CCOc2cc(NC(=O)Cc3c[nH]c4ccccc34)ccc21. The van der Waals surface area contributed by atoms with E-state index in [1.165, 1.54) is 6.92 Å². The summed E-state index contributed by atoms with van der Waals surface area (Å²) in [5.41, 5.74) is 3.36. The molecule has 0 radical (unpaired) electrons. The molecule has 0 saturated carbocycles. The molecule has 1 aromatic heterocycles. The van der Waals surface area contributed by atoms with E-state index in [9.17, 15) is 9.59 Å². The molecular weight excluding hydrogens is 330 g/mol. The lowest BCUT2D eigenvalue weighted by molar-refractivity contribution is -0.117. The highest BCUT2D eigenvalue weighted by Gasteiger charge is 2.21. The fourth-order valence-electron chi connectivity index (χ4n) is 3.28. The van der Waals surface area contributed by atoms with Gasteiger partial charge in [0.05, 0.1) is 18.7 Å². The van der Waals surface area contributed by atoms with Gasteiger partial charge in [-0.1, -0.05) is 18.2 Å². The number of amides is 2. The van der Waals surface area contributed by atoms with Crippen LogP contribution in [0.4, 0.5) is 11.4 Å². The molecule has 1 aliphatic heterocycles. The van der Waals surface area contributed by atoms with Crippen LogP contribution in [0, 0.1) is 0 Å². The molecule has 0 unspecified atom stereocenters. The van der Waals surface area contributed by atoms with Crippen LogP contribution < -0.4 is 15.0 Å². The maximum Gasteiger partial charge on any atom is 0.228 e. The van der Waals surface area contributed by atoms with E-state index in [0.717, 1.165) is 22.2 Å². The molecule has 0 fully saturated rings. The molecule has 0 atom stereocenters. The van der Waals surface area contributed by atoms with E-state index in [0.29, 0.717) is 24.6 Å². The first-order chi connectivity index (χ1) is 12.6. The van der Waals surface area contributed by atoms with Crippen LogP contribution in [0.5, 0.6) is 5.75 Å². The van der Waals surface area contributed by atoms with E-state index < -0.39 is 0 Å². The lowest BCUT2D eigenvalue weighted by Crippen LogP contribution is -2.36. The molecule has 26 heavy (non-hydrogen) atoms. The Labute approximate surface area is 150 Å². The summed E-state index contributed by atoms with van der Waals surface area (Å²) in [4.78, 5) is 29.0. The van der Waals surface area contributed by atoms with Gasteiger partial charge in [0.15, 0.2) is 0 Å². The number of rotatable bonds is 3. The fourth-order valence-corrected chi connectivity index (χ4v) is 3.28. The maximum absolute atomic E-state index is 12.4. The predicted molar refractivity (Wildman–Crippen MR) is 101 cm³/mol. The molecule has 4 rings (SSSR count). The number of benzene rings is 2. The second kappa shape index (κ2) is 6.55. The molecule has 0 spiro atoms. The molecular formula is C20H19N3O3. The van der Waals surface area contributed by atoms with Crippen molar-refractivity contribution in [1.82, 2.24) is 4.98 Å². The van der Waals surface area contributed by atoms with Crippen LogP contribution in [0.2, 0.25) is 0 Å². The molecule has 2 N–H and O–H groups in total. The zero-order valence-corrected chi connectivity index (χ0v) is 14.4. The van der Waals surface area contributed by atoms with Gasteiger partial charge in [-0.2, -0.15) is 0 Å². The van der Waals surface area contributed by atoms with E-state index in [2.05, 4.69) is 10.3 Å². The summed E-state index contributed by atoms with van der Waals surface area (Å²) >= 11 is 0. The lowest BCUT2D eigenvalue weighted by atomic mass is 10.1. The van der Waals surface area contributed by atoms with Gasteiger partial charge >= 0.3 is 0 Å². The van der Waals surface area contributed by atoms with E-state index in [4.69, 9.17) is 4.74 Å². The Hall–Kier alpha value is -3.28. The molecule has 2 aromatic carbocycles. The van der Waals surface area contributed by atoms with Crippen LogP contribution in [0.15, 0.2) is 48.7 Å². The molecule has 2 heterocycles. The summed E-state index contributed by atoms with van der Waals surface area (Å²) in [6, 6.07) is 13.3. The maximum atomic E-state index is 12.4. The van der Waals surface area contributed by atoms with Gasteiger partial charge in [0.25, 0.3) is 0 Å². The molecule has 2 amide bonds. The van der Waals surface area contributed by atoms with Gasteiger partial charge < -0.3 is 19.9 Å². The summed E-state index contributed by atoms with van der Waals surface area (Å²) in [7, 11) is 0. The third-order valence-corrected chi connectivity index (χ3v) is 4.51. The molecule has 3 aromatic rings. The number of nitrogens with zero attached hydrogens (tertiary/aromatic N) is 1. The second-order valence-electron chi connectivity index (χ2n) is 6.29. The lowest BCUT2D eigenvalue weighted by Gasteiger charge is -2.29. The Bertz CT molecular complexity index is 993. The molecule has 6 nitrogen and oxygen atoms in total. The number of para-hydroxylation sites is 1. The first kappa shape index (κ1) is 16.2. The number of aromatic nitrogens is 1. The minimum Gasteiger partial charge on any atom is -0.489 e. The van der Waals surface area contributed by atoms with Crippen molar-refractivity contribution < 1.29 is 14.3 Å². The van der Waals surface area contributed by atoms with Crippen LogP contribution in [0.25, 0.3) is 10.9 Å². The smallest absolute Gasteiger partial charge is 0.228 e. The van der Waals surface area contributed by atoms with Gasteiger partial charge in [0.1, 0.15) is 12.4 Å². The van der Waals surface area contributed by atoms with Gasteiger partial charge in [-0.25, -0.2) is 0 Å². The average Bonchev–Trinajstić information content (AvgIpc) is 3.04. The molecule has 0 saturated heterocycles. The molecule has 0 aliphatic carbocycles. The van der Waals surface area contributed by atoms with Gasteiger partial charge in [-0.3, -0.25) is 9.59 Å². The number of aromatic amines is 1.